The number of carbonyl (C=O) groups excluding carboxylic acids is 1. The highest BCUT2D eigenvalue weighted by Gasteiger charge is 2.30. The van der Waals surface area contributed by atoms with E-state index in [2.05, 4.69) is 5.32 Å². The third-order valence-corrected chi connectivity index (χ3v) is 3.55. The van der Waals surface area contributed by atoms with Gasteiger partial charge in [-0.1, -0.05) is 0 Å². The van der Waals surface area contributed by atoms with Crippen LogP contribution in [0, 0.1) is 0 Å². The van der Waals surface area contributed by atoms with Crippen LogP contribution in [-0.4, -0.2) is 41.3 Å². The van der Waals surface area contributed by atoms with Gasteiger partial charge in [0.05, 0.1) is 6.61 Å². The number of nitrogens with zero attached hydrogens (tertiary/aromatic N) is 1. The Bertz CT molecular complexity index is 225. The highest BCUT2D eigenvalue weighted by Crippen LogP contribution is 2.25. The molecule has 0 saturated heterocycles. The van der Waals surface area contributed by atoms with Crippen LogP contribution in [0.25, 0.3) is 0 Å². The first kappa shape index (κ1) is 10.7. The van der Waals surface area contributed by atoms with Gasteiger partial charge < -0.3 is 15.3 Å². The van der Waals surface area contributed by atoms with E-state index in [1.165, 1.54) is 12.8 Å². The summed E-state index contributed by atoms with van der Waals surface area (Å²) >= 11 is 0. The predicted octanol–water partition coefficient (Wildman–Crippen LogP) is 1.10. The van der Waals surface area contributed by atoms with Crippen molar-refractivity contribution in [3.8, 4) is 0 Å². The van der Waals surface area contributed by atoms with Gasteiger partial charge in [0.15, 0.2) is 0 Å². The molecule has 2 saturated carbocycles. The minimum Gasteiger partial charge on any atom is -0.395 e. The fraction of sp³-hybridized carbons (Fsp3) is 0.909. The highest BCUT2D eigenvalue weighted by atomic mass is 16.3. The summed E-state index contributed by atoms with van der Waals surface area (Å²) in [5, 5.41) is 12.0. The lowest BCUT2D eigenvalue weighted by Gasteiger charge is -2.39. The van der Waals surface area contributed by atoms with Crippen LogP contribution in [0.4, 0.5) is 4.79 Å². The van der Waals surface area contributed by atoms with E-state index in [-0.39, 0.29) is 12.6 Å². The Morgan fingerprint density at radius 3 is 2.33 bits per heavy atom. The second kappa shape index (κ2) is 4.84. The maximum absolute atomic E-state index is 11.9. The minimum absolute atomic E-state index is 0.0263. The van der Waals surface area contributed by atoms with Crippen molar-refractivity contribution in [1.82, 2.24) is 10.2 Å². The molecule has 0 heterocycles. The van der Waals surface area contributed by atoms with Crippen LogP contribution in [0.5, 0.6) is 0 Å². The number of rotatable bonds is 4. The lowest BCUT2D eigenvalue weighted by molar-refractivity contribution is 0.113. The third-order valence-electron chi connectivity index (χ3n) is 3.55. The zero-order chi connectivity index (χ0) is 10.7. The molecule has 0 spiro atoms. The van der Waals surface area contributed by atoms with Crippen LogP contribution >= 0.6 is 0 Å². The van der Waals surface area contributed by atoms with Crippen molar-refractivity contribution >= 4 is 6.03 Å². The molecule has 0 radical (unpaired) electrons. The Hall–Kier alpha value is -0.770. The number of aliphatic hydroxyl groups excluding tert-OH is 1. The van der Waals surface area contributed by atoms with Crippen molar-refractivity contribution in [3.05, 3.63) is 0 Å². The molecular weight excluding hydrogens is 192 g/mol. The van der Waals surface area contributed by atoms with Gasteiger partial charge in [-0.05, 0) is 38.5 Å². The number of urea groups is 1. The minimum atomic E-state index is 0.0263. The number of hydrogen-bond donors (Lipinski definition) is 2. The highest BCUT2D eigenvalue weighted by molar-refractivity contribution is 5.75. The zero-order valence-electron chi connectivity index (χ0n) is 9.11. The van der Waals surface area contributed by atoms with E-state index < -0.39 is 0 Å². The van der Waals surface area contributed by atoms with Crippen LogP contribution in [0.15, 0.2) is 0 Å². The summed E-state index contributed by atoms with van der Waals surface area (Å²) in [6.07, 6.45) is 6.86. The van der Waals surface area contributed by atoms with Gasteiger partial charge in [0, 0.05) is 18.6 Å². The SMILES string of the molecule is O=C(NC1CCC1)N(CCO)C1CCC1. The van der Waals surface area contributed by atoms with E-state index in [4.69, 9.17) is 5.11 Å². The summed E-state index contributed by atoms with van der Waals surface area (Å²) in [5.74, 6) is 0. The van der Waals surface area contributed by atoms with Crippen molar-refractivity contribution < 1.29 is 9.90 Å². The van der Waals surface area contributed by atoms with E-state index in [0.717, 1.165) is 25.7 Å². The Morgan fingerprint density at radius 2 is 1.93 bits per heavy atom. The smallest absolute Gasteiger partial charge is 0.317 e. The van der Waals surface area contributed by atoms with Crippen molar-refractivity contribution in [2.24, 2.45) is 0 Å². The molecule has 2 aliphatic rings. The third kappa shape index (κ3) is 2.43. The average molecular weight is 212 g/mol. The monoisotopic (exact) mass is 212 g/mol. The first-order chi connectivity index (χ1) is 7.31. The molecule has 2 N–H and O–H groups in total. The number of carbonyl (C=O) groups is 1. The normalized spacial score (nSPS) is 21.7. The van der Waals surface area contributed by atoms with Crippen molar-refractivity contribution in [1.29, 1.82) is 0 Å². The fourth-order valence-corrected chi connectivity index (χ4v) is 2.07. The van der Waals surface area contributed by atoms with Crippen molar-refractivity contribution in [2.75, 3.05) is 13.2 Å². The standard InChI is InChI=1S/C11H20N2O2/c14-8-7-13(10-5-2-6-10)11(15)12-9-3-1-4-9/h9-10,14H,1-8H2,(H,12,15). The average Bonchev–Trinajstić information content (AvgIpc) is 2.07. The van der Waals surface area contributed by atoms with E-state index in [1.807, 2.05) is 4.90 Å². The van der Waals surface area contributed by atoms with Crippen molar-refractivity contribution in [3.63, 3.8) is 0 Å². The van der Waals surface area contributed by atoms with E-state index in [0.29, 0.717) is 18.6 Å². The molecule has 4 nitrogen and oxygen atoms in total. The molecule has 86 valence electrons. The molecule has 0 aromatic rings. The van der Waals surface area contributed by atoms with Crippen LogP contribution < -0.4 is 5.32 Å². The first-order valence-corrected chi connectivity index (χ1v) is 5.99. The summed E-state index contributed by atoms with van der Waals surface area (Å²) in [7, 11) is 0. The Morgan fingerprint density at radius 1 is 1.27 bits per heavy atom. The Kier molecular flexibility index (Phi) is 3.46. The van der Waals surface area contributed by atoms with Gasteiger partial charge in [0.1, 0.15) is 0 Å². The van der Waals surface area contributed by atoms with Gasteiger partial charge in [0.25, 0.3) is 0 Å². The second-order valence-corrected chi connectivity index (χ2v) is 4.58. The molecule has 0 aliphatic heterocycles. The van der Waals surface area contributed by atoms with Gasteiger partial charge in [0.2, 0.25) is 0 Å². The first-order valence-electron chi connectivity index (χ1n) is 5.99. The molecule has 15 heavy (non-hydrogen) atoms. The molecule has 2 fully saturated rings. The van der Waals surface area contributed by atoms with E-state index in [1.54, 1.807) is 0 Å². The topological polar surface area (TPSA) is 52.6 Å². The Labute approximate surface area is 90.6 Å². The molecule has 0 atom stereocenters. The summed E-state index contributed by atoms with van der Waals surface area (Å²) in [4.78, 5) is 13.7. The second-order valence-electron chi connectivity index (χ2n) is 4.58. The number of nitrogens with one attached hydrogen (secondary N) is 1. The summed E-state index contributed by atoms with van der Waals surface area (Å²) < 4.78 is 0. The summed E-state index contributed by atoms with van der Waals surface area (Å²) in [6, 6.07) is 0.787. The fourth-order valence-electron chi connectivity index (χ4n) is 2.07. The lowest BCUT2D eigenvalue weighted by atomic mass is 9.91. The largest absolute Gasteiger partial charge is 0.395 e. The van der Waals surface area contributed by atoms with Gasteiger partial charge >= 0.3 is 6.03 Å². The Balaban J connectivity index is 1.81. The zero-order valence-corrected chi connectivity index (χ0v) is 9.11. The number of amides is 2. The molecule has 0 aromatic heterocycles. The van der Waals surface area contributed by atoms with E-state index in [9.17, 15) is 4.79 Å². The molecule has 2 aliphatic carbocycles. The van der Waals surface area contributed by atoms with Crippen LogP contribution in [0.3, 0.4) is 0 Å². The van der Waals surface area contributed by atoms with Crippen LogP contribution in [0.1, 0.15) is 38.5 Å². The van der Waals surface area contributed by atoms with Crippen LogP contribution in [-0.2, 0) is 0 Å². The molecule has 0 aromatic carbocycles. The molecular formula is C11H20N2O2. The van der Waals surface area contributed by atoms with Gasteiger partial charge in [-0.2, -0.15) is 0 Å². The van der Waals surface area contributed by atoms with E-state index >= 15 is 0 Å². The van der Waals surface area contributed by atoms with Crippen molar-refractivity contribution in [2.45, 2.75) is 50.6 Å². The summed E-state index contributed by atoms with van der Waals surface area (Å²) in [6.45, 7) is 0.539. The molecule has 4 heteroatoms. The van der Waals surface area contributed by atoms with Gasteiger partial charge in [-0.15, -0.1) is 0 Å². The molecule has 2 rings (SSSR count). The molecule has 0 unspecified atom stereocenters. The number of hydrogen-bond acceptors (Lipinski definition) is 2. The predicted molar refractivity (Wildman–Crippen MR) is 57.6 cm³/mol. The van der Waals surface area contributed by atoms with Crippen LogP contribution in [0.2, 0.25) is 0 Å². The quantitative estimate of drug-likeness (QED) is 0.733. The molecule has 0 bridgehead atoms. The maximum Gasteiger partial charge on any atom is 0.317 e. The van der Waals surface area contributed by atoms with Gasteiger partial charge in [-0.3, -0.25) is 0 Å². The molecule has 2 amide bonds. The maximum atomic E-state index is 11.9. The lowest BCUT2D eigenvalue weighted by Crippen LogP contribution is -2.53. The van der Waals surface area contributed by atoms with Gasteiger partial charge in [-0.25, -0.2) is 4.79 Å². The number of aliphatic hydroxyl groups is 1. The summed E-state index contributed by atoms with van der Waals surface area (Å²) in [5.41, 5.74) is 0.